The van der Waals surface area contributed by atoms with Crippen LogP contribution >= 0.6 is 12.2 Å². The normalized spacial score (nSPS) is 12.7. The number of hydrogen-bond donors (Lipinski definition) is 3. The maximum Gasteiger partial charge on any atom is 0.103 e. The lowest BCUT2D eigenvalue weighted by molar-refractivity contribution is 0.115. The lowest BCUT2D eigenvalue weighted by atomic mass is 10.1. The number of rotatable bonds is 6. The van der Waals surface area contributed by atoms with Gasteiger partial charge in [-0.1, -0.05) is 36.5 Å². The zero-order valence-electron chi connectivity index (χ0n) is 9.84. The fourth-order valence-electron chi connectivity index (χ4n) is 1.53. The number of benzene rings is 1. The highest BCUT2D eigenvalue weighted by atomic mass is 32.1. The maximum atomic E-state index is 9.96. The Morgan fingerprint density at radius 2 is 2.00 bits per heavy atom. The van der Waals surface area contributed by atoms with Gasteiger partial charge >= 0.3 is 0 Å². The molecule has 1 aromatic rings. The summed E-state index contributed by atoms with van der Waals surface area (Å²) in [5.74, 6) is 0. The Kier molecular flexibility index (Phi) is 5.50. The van der Waals surface area contributed by atoms with E-state index in [0.717, 1.165) is 11.1 Å². The molecule has 0 aromatic heterocycles. The standard InChI is InChI=1S/C12H18N2O2S/c1-14(6-7-15)8-11(16)9-2-4-10(5-3-9)12(13)17/h2-5,11,15-16H,6-8H2,1H3,(H2,13,17). The second-order valence-corrected chi connectivity index (χ2v) is 4.43. The fourth-order valence-corrected chi connectivity index (χ4v) is 1.67. The minimum Gasteiger partial charge on any atom is -0.395 e. The molecular formula is C12H18N2O2S. The number of nitrogens with zero attached hydrogens (tertiary/aromatic N) is 1. The van der Waals surface area contributed by atoms with E-state index < -0.39 is 6.10 Å². The Bertz CT molecular complexity index is 367. The first-order valence-corrected chi connectivity index (χ1v) is 5.82. The average Bonchev–Trinajstić information content (AvgIpc) is 2.29. The largest absolute Gasteiger partial charge is 0.395 e. The number of likely N-dealkylation sites (N-methyl/N-ethyl adjacent to an activating group) is 1. The van der Waals surface area contributed by atoms with Gasteiger partial charge in [0.25, 0.3) is 0 Å². The lowest BCUT2D eigenvalue weighted by Crippen LogP contribution is -2.27. The minimum atomic E-state index is -0.577. The summed E-state index contributed by atoms with van der Waals surface area (Å²) in [6, 6.07) is 7.22. The van der Waals surface area contributed by atoms with E-state index in [4.69, 9.17) is 23.1 Å². The average molecular weight is 254 g/mol. The van der Waals surface area contributed by atoms with Crippen LogP contribution in [0.25, 0.3) is 0 Å². The van der Waals surface area contributed by atoms with E-state index >= 15 is 0 Å². The Balaban J connectivity index is 2.63. The first-order chi connectivity index (χ1) is 8.04. The lowest BCUT2D eigenvalue weighted by Gasteiger charge is -2.19. The third-order valence-corrected chi connectivity index (χ3v) is 2.78. The molecule has 0 saturated heterocycles. The molecular weight excluding hydrogens is 236 g/mol. The Hall–Kier alpha value is -1.01. The van der Waals surface area contributed by atoms with Crippen molar-refractivity contribution >= 4 is 17.2 Å². The van der Waals surface area contributed by atoms with Crippen molar-refractivity contribution in [2.75, 3.05) is 26.7 Å². The number of aliphatic hydroxyl groups excluding tert-OH is 2. The van der Waals surface area contributed by atoms with Crippen molar-refractivity contribution in [2.24, 2.45) is 5.73 Å². The molecule has 0 fully saturated rings. The van der Waals surface area contributed by atoms with Crippen LogP contribution in [0.2, 0.25) is 0 Å². The van der Waals surface area contributed by atoms with Gasteiger partial charge in [-0.05, 0) is 12.6 Å². The van der Waals surface area contributed by atoms with Crippen molar-refractivity contribution in [1.82, 2.24) is 4.90 Å². The second-order valence-electron chi connectivity index (χ2n) is 3.99. The smallest absolute Gasteiger partial charge is 0.103 e. The molecule has 1 unspecified atom stereocenters. The van der Waals surface area contributed by atoms with Crippen LogP contribution < -0.4 is 5.73 Å². The van der Waals surface area contributed by atoms with Crippen LogP contribution in [0.3, 0.4) is 0 Å². The fraction of sp³-hybridized carbons (Fsp3) is 0.417. The summed E-state index contributed by atoms with van der Waals surface area (Å²) in [4.78, 5) is 2.22. The molecule has 0 bridgehead atoms. The Morgan fingerprint density at radius 3 is 2.47 bits per heavy atom. The van der Waals surface area contributed by atoms with Gasteiger partial charge in [0, 0.05) is 18.7 Å². The first-order valence-electron chi connectivity index (χ1n) is 5.42. The van der Waals surface area contributed by atoms with Crippen molar-refractivity contribution in [3.05, 3.63) is 35.4 Å². The highest BCUT2D eigenvalue weighted by Gasteiger charge is 2.10. The zero-order chi connectivity index (χ0) is 12.8. The van der Waals surface area contributed by atoms with Crippen molar-refractivity contribution in [3.8, 4) is 0 Å². The van der Waals surface area contributed by atoms with Crippen molar-refractivity contribution in [2.45, 2.75) is 6.10 Å². The summed E-state index contributed by atoms with van der Waals surface area (Å²) in [5, 5.41) is 18.7. The minimum absolute atomic E-state index is 0.0869. The molecule has 4 N–H and O–H groups in total. The summed E-state index contributed by atoms with van der Waals surface area (Å²) < 4.78 is 0. The number of aliphatic hydroxyl groups is 2. The van der Waals surface area contributed by atoms with Gasteiger partial charge in [0.1, 0.15) is 4.99 Å². The van der Waals surface area contributed by atoms with E-state index in [9.17, 15) is 5.11 Å². The molecule has 94 valence electrons. The van der Waals surface area contributed by atoms with Gasteiger partial charge in [-0.2, -0.15) is 0 Å². The number of nitrogens with two attached hydrogens (primary N) is 1. The van der Waals surface area contributed by atoms with Crippen LogP contribution in [0.4, 0.5) is 0 Å². The van der Waals surface area contributed by atoms with Crippen molar-refractivity contribution in [3.63, 3.8) is 0 Å². The van der Waals surface area contributed by atoms with E-state index in [2.05, 4.69) is 0 Å². The van der Waals surface area contributed by atoms with E-state index in [1.54, 1.807) is 12.1 Å². The molecule has 0 aliphatic rings. The topological polar surface area (TPSA) is 69.7 Å². The van der Waals surface area contributed by atoms with Gasteiger partial charge in [0.2, 0.25) is 0 Å². The summed E-state index contributed by atoms with van der Waals surface area (Å²) >= 11 is 4.85. The van der Waals surface area contributed by atoms with Crippen LogP contribution in [0.5, 0.6) is 0 Å². The van der Waals surface area contributed by atoms with Crippen molar-refractivity contribution < 1.29 is 10.2 Å². The molecule has 5 heteroatoms. The number of hydrogen-bond acceptors (Lipinski definition) is 4. The highest BCUT2D eigenvalue weighted by Crippen LogP contribution is 2.14. The molecule has 0 radical (unpaired) electrons. The van der Waals surface area contributed by atoms with E-state index in [-0.39, 0.29) is 6.61 Å². The second kappa shape index (κ2) is 6.66. The molecule has 0 spiro atoms. The molecule has 0 aliphatic heterocycles. The summed E-state index contributed by atoms with van der Waals surface area (Å²) in [5.41, 5.74) is 7.10. The molecule has 0 amide bonds. The molecule has 1 rings (SSSR count). The molecule has 0 heterocycles. The van der Waals surface area contributed by atoms with E-state index in [0.29, 0.717) is 18.1 Å². The third-order valence-electron chi connectivity index (χ3n) is 2.55. The highest BCUT2D eigenvalue weighted by molar-refractivity contribution is 7.80. The van der Waals surface area contributed by atoms with Gasteiger partial charge in [-0.15, -0.1) is 0 Å². The van der Waals surface area contributed by atoms with Gasteiger partial charge in [-0.25, -0.2) is 0 Å². The Morgan fingerprint density at radius 1 is 1.41 bits per heavy atom. The van der Waals surface area contributed by atoms with Crippen LogP contribution in [0, 0.1) is 0 Å². The van der Waals surface area contributed by atoms with E-state index in [1.807, 2.05) is 24.1 Å². The molecule has 1 aromatic carbocycles. The Labute approximate surface area is 107 Å². The SMILES string of the molecule is CN(CCO)CC(O)c1ccc(C(N)=S)cc1. The summed E-state index contributed by atoms with van der Waals surface area (Å²) in [7, 11) is 1.85. The molecule has 4 nitrogen and oxygen atoms in total. The maximum absolute atomic E-state index is 9.96. The first kappa shape index (κ1) is 14.1. The van der Waals surface area contributed by atoms with Crippen LogP contribution in [-0.4, -0.2) is 46.8 Å². The van der Waals surface area contributed by atoms with Crippen LogP contribution in [0.1, 0.15) is 17.2 Å². The molecule has 1 atom stereocenters. The monoisotopic (exact) mass is 254 g/mol. The molecule has 0 aliphatic carbocycles. The predicted octanol–water partition coefficient (Wildman–Crippen LogP) is 0.278. The third kappa shape index (κ3) is 4.40. The van der Waals surface area contributed by atoms with Crippen LogP contribution in [-0.2, 0) is 0 Å². The predicted molar refractivity (Wildman–Crippen MR) is 71.9 cm³/mol. The zero-order valence-corrected chi connectivity index (χ0v) is 10.7. The van der Waals surface area contributed by atoms with Gasteiger partial charge in [0.15, 0.2) is 0 Å². The number of thiocarbonyl (C=S) groups is 1. The molecule has 17 heavy (non-hydrogen) atoms. The van der Waals surface area contributed by atoms with Gasteiger partial charge in [0.05, 0.1) is 12.7 Å². The summed E-state index contributed by atoms with van der Waals surface area (Å²) in [6.07, 6.45) is -0.577. The molecule has 0 saturated carbocycles. The van der Waals surface area contributed by atoms with Gasteiger partial charge < -0.3 is 20.8 Å². The summed E-state index contributed by atoms with van der Waals surface area (Å²) in [6.45, 7) is 1.11. The van der Waals surface area contributed by atoms with Crippen molar-refractivity contribution in [1.29, 1.82) is 0 Å². The van der Waals surface area contributed by atoms with E-state index in [1.165, 1.54) is 0 Å². The quantitative estimate of drug-likeness (QED) is 0.636. The van der Waals surface area contributed by atoms with Gasteiger partial charge in [-0.3, -0.25) is 0 Å². The van der Waals surface area contributed by atoms with Crippen LogP contribution in [0.15, 0.2) is 24.3 Å².